The minimum absolute atomic E-state index is 0.0451. The average Bonchev–Trinajstić information content (AvgIpc) is 3.30. The van der Waals surface area contributed by atoms with E-state index in [1.807, 2.05) is 0 Å². The van der Waals surface area contributed by atoms with Gasteiger partial charge in [-0.3, -0.25) is 14.9 Å². The lowest BCUT2D eigenvalue weighted by Crippen LogP contribution is -3.15. The van der Waals surface area contributed by atoms with E-state index < -0.39 is 12.1 Å². The fourth-order valence-corrected chi connectivity index (χ4v) is 2.83. The zero-order chi connectivity index (χ0) is 16.8. The summed E-state index contributed by atoms with van der Waals surface area (Å²) in [5.74, 6) is -0.397. The van der Waals surface area contributed by atoms with Gasteiger partial charge in [-0.1, -0.05) is 19.3 Å². The SMILES string of the molecule is C[C@@H](C(=O)NC(=O)NC1CCCCC1)[NH+](C)CC(=O)NC1CC1. The molecule has 2 fully saturated rings. The third-order valence-corrected chi connectivity index (χ3v) is 4.69. The summed E-state index contributed by atoms with van der Waals surface area (Å²) < 4.78 is 0. The molecule has 2 atom stereocenters. The Bertz CT molecular complexity index is 445. The zero-order valence-electron chi connectivity index (χ0n) is 14.1. The van der Waals surface area contributed by atoms with Crippen LogP contribution in [0.1, 0.15) is 51.9 Å². The van der Waals surface area contributed by atoms with Gasteiger partial charge in [-0.05, 0) is 32.6 Å². The Morgan fingerprint density at radius 2 is 1.61 bits per heavy atom. The minimum Gasteiger partial charge on any atom is -0.348 e. The van der Waals surface area contributed by atoms with Crippen LogP contribution in [0.15, 0.2) is 0 Å². The standard InChI is InChI=1S/C16H28N4O3/c1-11(20(2)10-14(21)17-13-8-9-13)15(22)19-16(23)18-12-6-4-3-5-7-12/h11-13H,3-10H2,1-2H3,(H,17,21)(H2,18,19,22,23)/p+1/t11-/m0/s1. The van der Waals surface area contributed by atoms with Crippen LogP contribution >= 0.6 is 0 Å². The average molecular weight is 325 g/mol. The van der Waals surface area contributed by atoms with E-state index >= 15 is 0 Å². The number of nitrogens with one attached hydrogen (secondary N) is 4. The summed E-state index contributed by atoms with van der Waals surface area (Å²) in [6, 6.07) is -0.400. The molecule has 0 bridgehead atoms. The highest BCUT2D eigenvalue weighted by molar-refractivity contribution is 5.96. The van der Waals surface area contributed by atoms with E-state index in [0.29, 0.717) is 6.04 Å². The third kappa shape index (κ3) is 6.17. The van der Waals surface area contributed by atoms with Crippen molar-refractivity contribution in [1.29, 1.82) is 0 Å². The number of urea groups is 1. The maximum atomic E-state index is 12.1. The molecule has 0 aromatic heterocycles. The fourth-order valence-electron chi connectivity index (χ4n) is 2.83. The zero-order valence-corrected chi connectivity index (χ0v) is 14.1. The monoisotopic (exact) mass is 325 g/mol. The molecule has 23 heavy (non-hydrogen) atoms. The van der Waals surface area contributed by atoms with E-state index in [-0.39, 0.29) is 24.4 Å². The van der Waals surface area contributed by atoms with Gasteiger partial charge in [0.2, 0.25) is 0 Å². The highest BCUT2D eigenvalue weighted by Crippen LogP contribution is 2.18. The van der Waals surface area contributed by atoms with Gasteiger partial charge in [-0.25, -0.2) is 4.79 Å². The Balaban J connectivity index is 1.69. The highest BCUT2D eigenvalue weighted by Gasteiger charge is 2.29. The molecule has 0 aliphatic heterocycles. The number of hydrogen-bond acceptors (Lipinski definition) is 3. The molecule has 0 spiro atoms. The van der Waals surface area contributed by atoms with Crippen molar-refractivity contribution in [2.75, 3.05) is 13.6 Å². The summed E-state index contributed by atoms with van der Waals surface area (Å²) in [6.45, 7) is 1.96. The molecule has 4 N–H and O–H groups in total. The molecule has 0 aromatic rings. The molecule has 2 rings (SSSR count). The van der Waals surface area contributed by atoms with Crippen LogP contribution in [0.4, 0.5) is 4.79 Å². The topological polar surface area (TPSA) is 91.7 Å². The molecule has 0 radical (unpaired) electrons. The quantitative estimate of drug-likeness (QED) is 0.522. The van der Waals surface area contributed by atoms with E-state index in [1.54, 1.807) is 14.0 Å². The van der Waals surface area contributed by atoms with Crippen molar-refractivity contribution >= 4 is 17.8 Å². The molecule has 0 saturated heterocycles. The predicted octanol–water partition coefficient (Wildman–Crippen LogP) is -0.673. The molecule has 130 valence electrons. The van der Waals surface area contributed by atoms with Crippen LogP contribution in [0.5, 0.6) is 0 Å². The van der Waals surface area contributed by atoms with E-state index in [0.717, 1.165) is 43.4 Å². The lowest BCUT2D eigenvalue weighted by Gasteiger charge is -2.24. The molecule has 0 heterocycles. The number of rotatable bonds is 6. The van der Waals surface area contributed by atoms with Crippen molar-refractivity contribution in [3.63, 3.8) is 0 Å². The molecule has 1 unspecified atom stereocenters. The van der Waals surface area contributed by atoms with Gasteiger partial charge in [-0.2, -0.15) is 0 Å². The molecular formula is C16H29N4O3+. The lowest BCUT2D eigenvalue weighted by molar-refractivity contribution is -0.886. The van der Waals surface area contributed by atoms with Gasteiger partial charge in [0.15, 0.2) is 12.6 Å². The maximum Gasteiger partial charge on any atom is 0.321 e. The Hall–Kier alpha value is -1.63. The maximum absolute atomic E-state index is 12.1. The Labute approximate surface area is 137 Å². The van der Waals surface area contributed by atoms with Crippen molar-refractivity contribution in [3.05, 3.63) is 0 Å². The smallest absolute Gasteiger partial charge is 0.321 e. The van der Waals surface area contributed by atoms with Gasteiger partial charge in [-0.15, -0.1) is 0 Å². The first-order valence-electron chi connectivity index (χ1n) is 8.68. The van der Waals surface area contributed by atoms with Gasteiger partial charge in [0.25, 0.3) is 11.8 Å². The van der Waals surface area contributed by atoms with Crippen LogP contribution in [-0.4, -0.2) is 49.6 Å². The van der Waals surface area contributed by atoms with E-state index in [2.05, 4.69) is 16.0 Å². The number of carbonyl (C=O) groups excluding carboxylic acids is 3. The van der Waals surface area contributed by atoms with Gasteiger partial charge >= 0.3 is 6.03 Å². The van der Waals surface area contributed by atoms with Crippen molar-refractivity contribution < 1.29 is 19.3 Å². The lowest BCUT2D eigenvalue weighted by atomic mass is 9.96. The second kappa shape index (κ2) is 8.29. The molecule has 7 heteroatoms. The molecule has 2 aliphatic rings. The number of imide groups is 1. The van der Waals surface area contributed by atoms with Gasteiger partial charge in [0.05, 0.1) is 7.05 Å². The van der Waals surface area contributed by atoms with Crippen molar-refractivity contribution in [3.8, 4) is 0 Å². The fraction of sp³-hybridized carbons (Fsp3) is 0.812. The second-order valence-corrected chi connectivity index (χ2v) is 6.88. The second-order valence-electron chi connectivity index (χ2n) is 6.88. The molecule has 7 nitrogen and oxygen atoms in total. The molecule has 2 aliphatic carbocycles. The first-order valence-corrected chi connectivity index (χ1v) is 8.68. The normalized spacial score (nSPS) is 21.1. The number of carbonyl (C=O) groups is 3. The summed E-state index contributed by atoms with van der Waals surface area (Å²) in [5.41, 5.74) is 0. The van der Waals surface area contributed by atoms with E-state index in [4.69, 9.17) is 0 Å². The summed E-state index contributed by atoms with van der Waals surface area (Å²) in [7, 11) is 1.79. The van der Waals surface area contributed by atoms with Crippen LogP contribution < -0.4 is 20.9 Å². The molecular weight excluding hydrogens is 296 g/mol. The summed E-state index contributed by atoms with van der Waals surface area (Å²) in [4.78, 5) is 36.6. The molecule has 4 amide bonds. The van der Waals surface area contributed by atoms with Crippen LogP contribution in [0, 0.1) is 0 Å². The molecule has 0 aromatic carbocycles. The Kier molecular flexibility index (Phi) is 6.38. The minimum atomic E-state index is -0.461. The van der Waals surface area contributed by atoms with Crippen molar-refractivity contribution in [1.82, 2.24) is 16.0 Å². The first kappa shape index (κ1) is 17.7. The number of amides is 4. The Morgan fingerprint density at radius 1 is 1.00 bits per heavy atom. The van der Waals surface area contributed by atoms with Crippen molar-refractivity contribution in [2.24, 2.45) is 0 Å². The molecule has 2 saturated carbocycles. The van der Waals surface area contributed by atoms with E-state index in [9.17, 15) is 14.4 Å². The van der Waals surface area contributed by atoms with Crippen LogP contribution in [0.2, 0.25) is 0 Å². The summed E-state index contributed by atoms with van der Waals surface area (Å²) in [6.07, 6.45) is 7.50. The predicted molar refractivity (Wildman–Crippen MR) is 85.9 cm³/mol. The van der Waals surface area contributed by atoms with Crippen LogP contribution in [-0.2, 0) is 9.59 Å². The number of quaternary nitrogens is 1. The number of likely N-dealkylation sites (N-methyl/N-ethyl adjacent to an activating group) is 1. The summed E-state index contributed by atoms with van der Waals surface area (Å²) in [5, 5.41) is 8.15. The van der Waals surface area contributed by atoms with Crippen molar-refractivity contribution in [2.45, 2.75) is 70.0 Å². The van der Waals surface area contributed by atoms with Gasteiger partial charge < -0.3 is 15.5 Å². The van der Waals surface area contributed by atoms with Crippen LogP contribution in [0.25, 0.3) is 0 Å². The largest absolute Gasteiger partial charge is 0.348 e. The van der Waals surface area contributed by atoms with Gasteiger partial charge in [0, 0.05) is 12.1 Å². The summed E-state index contributed by atoms with van der Waals surface area (Å²) >= 11 is 0. The van der Waals surface area contributed by atoms with Crippen LogP contribution in [0.3, 0.4) is 0 Å². The highest BCUT2D eigenvalue weighted by atomic mass is 16.2. The van der Waals surface area contributed by atoms with E-state index in [1.165, 1.54) is 6.42 Å². The van der Waals surface area contributed by atoms with Gasteiger partial charge in [0.1, 0.15) is 0 Å². The Morgan fingerprint density at radius 3 is 2.22 bits per heavy atom. The third-order valence-electron chi connectivity index (χ3n) is 4.69. The number of hydrogen-bond donors (Lipinski definition) is 4. The first-order chi connectivity index (χ1) is 11.0.